The number of likely N-dealkylation sites (N-methyl/N-ethyl adjacent to an activating group) is 1. The van der Waals surface area contributed by atoms with Crippen molar-refractivity contribution >= 4 is 22.6 Å². The van der Waals surface area contributed by atoms with Crippen LogP contribution in [0.5, 0.6) is 0 Å². The minimum absolute atomic E-state index is 0.0239. The van der Waals surface area contributed by atoms with Crippen LogP contribution in [-0.4, -0.2) is 45.2 Å². The van der Waals surface area contributed by atoms with E-state index >= 15 is 0 Å². The fraction of sp³-hybridized carbons (Fsp3) is 0.231. The molecule has 2 aromatic rings. The number of hydrogen-bond acceptors (Lipinski definition) is 4. The lowest BCUT2D eigenvalue weighted by Gasteiger charge is -2.21. The number of nitrogens with zero attached hydrogens (tertiary/aromatic N) is 2. The summed E-state index contributed by atoms with van der Waals surface area (Å²) in [6, 6.07) is 5.54. The zero-order valence-corrected chi connectivity index (χ0v) is 11.0. The van der Waals surface area contributed by atoms with Gasteiger partial charge in [-0.25, -0.2) is 9.89 Å². The SMILES string of the molecule is CC(C(=O)O)N(C)C(=O)c1n[nH]c(=O)c2ccccc12. The standard InChI is InChI=1S/C13H13N3O4/c1-7(13(19)20)16(2)12(18)10-8-5-3-4-6-9(8)11(17)15-14-10/h3-7H,1-2H3,(H,15,17)(H,19,20). The zero-order valence-electron chi connectivity index (χ0n) is 11.0. The van der Waals surface area contributed by atoms with Crippen molar-refractivity contribution in [2.24, 2.45) is 0 Å². The van der Waals surface area contributed by atoms with Gasteiger partial charge in [0, 0.05) is 12.4 Å². The molecule has 0 aliphatic heterocycles. The molecule has 0 saturated heterocycles. The molecule has 2 N–H and O–H groups in total. The minimum Gasteiger partial charge on any atom is -0.480 e. The third-order valence-electron chi connectivity index (χ3n) is 3.16. The molecule has 1 amide bonds. The van der Waals surface area contributed by atoms with Crippen molar-refractivity contribution in [1.29, 1.82) is 0 Å². The second-order valence-electron chi connectivity index (χ2n) is 4.38. The van der Waals surface area contributed by atoms with Gasteiger partial charge in [-0.15, -0.1) is 0 Å². The van der Waals surface area contributed by atoms with Crippen molar-refractivity contribution in [1.82, 2.24) is 15.1 Å². The van der Waals surface area contributed by atoms with Gasteiger partial charge in [-0.2, -0.15) is 5.10 Å². The summed E-state index contributed by atoms with van der Waals surface area (Å²) in [5, 5.41) is 15.7. The molecule has 0 spiro atoms. The van der Waals surface area contributed by atoms with E-state index in [0.717, 1.165) is 4.90 Å². The first kappa shape index (κ1) is 13.7. The number of amides is 1. The van der Waals surface area contributed by atoms with Gasteiger partial charge in [-0.05, 0) is 13.0 Å². The first-order valence-electron chi connectivity index (χ1n) is 5.91. The highest BCUT2D eigenvalue weighted by Gasteiger charge is 2.25. The van der Waals surface area contributed by atoms with Gasteiger partial charge in [-0.1, -0.05) is 18.2 Å². The maximum atomic E-state index is 12.3. The highest BCUT2D eigenvalue weighted by atomic mass is 16.4. The molecule has 7 heteroatoms. The van der Waals surface area contributed by atoms with Gasteiger partial charge < -0.3 is 10.0 Å². The van der Waals surface area contributed by atoms with Gasteiger partial charge in [0.05, 0.1) is 5.39 Å². The lowest BCUT2D eigenvalue weighted by molar-refractivity contribution is -0.141. The molecule has 104 valence electrons. The van der Waals surface area contributed by atoms with E-state index < -0.39 is 23.5 Å². The Morgan fingerprint density at radius 2 is 1.90 bits per heavy atom. The predicted octanol–water partition coefficient (Wildman–Crippen LogP) is 0.468. The third-order valence-corrected chi connectivity index (χ3v) is 3.16. The van der Waals surface area contributed by atoms with Crippen molar-refractivity contribution in [2.45, 2.75) is 13.0 Å². The quantitative estimate of drug-likeness (QED) is 0.847. The van der Waals surface area contributed by atoms with Crippen molar-refractivity contribution in [3.05, 3.63) is 40.3 Å². The van der Waals surface area contributed by atoms with Gasteiger partial charge in [0.1, 0.15) is 6.04 Å². The first-order chi connectivity index (χ1) is 9.43. The average Bonchev–Trinajstić information content (AvgIpc) is 2.45. The molecule has 20 heavy (non-hydrogen) atoms. The van der Waals surface area contributed by atoms with E-state index in [9.17, 15) is 14.4 Å². The molecule has 0 fully saturated rings. The maximum Gasteiger partial charge on any atom is 0.326 e. The van der Waals surface area contributed by atoms with Crippen LogP contribution < -0.4 is 5.56 Å². The third kappa shape index (κ3) is 2.25. The van der Waals surface area contributed by atoms with Crippen molar-refractivity contribution in [3.8, 4) is 0 Å². The molecule has 0 bridgehead atoms. The molecular weight excluding hydrogens is 262 g/mol. The van der Waals surface area contributed by atoms with E-state index in [-0.39, 0.29) is 5.69 Å². The van der Waals surface area contributed by atoms with Gasteiger partial charge in [0.15, 0.2) is 5.69 Å². The lowest BCUT2D eigenvalue weighted by atomic mass is 10.1. The van der Waals surface area contributed by atoms with E-state index in [1.54, 1.807) is 24.3 Å². The van der Waals surface area contributed by atoms with Crippen LogP contribution in [0, 0.1) is 0 Å². The molecule has 7 nitrogen and oxygen atoms in total. The van der Waals surface area contributed by atoms with Gasteiger partial charge >= 0.3 is 5.97 Å². The van der Waals surface area contributed by atoms with Gasteiger partial charge in [0.2, 0.25) is 0 Å². The van der Waals surface area contributed by atoms with Crippen molar-refractivity contribution in [2.75, 3.05) is 7.05 Å². The predicted molar refractivity (Wildman–Crippen MR) is 71.6 cm³/mol. The van der Waals surface area contributed by atoms with E-state index in [0.29, 0.717) is 10.8 Å². The number of H-pyrrole nitrogens is 1. The number of aliphatic carboxylic acids is 1. The number of rotatable bonds is 3. The number of hydrogen-bond donors (Lipinski definition) is 2. The second kappa shape index (κ2) is 5.12. The second-order valence-corrected chi connectivity index (χ2v) is 4.38. The molecule has 0 radical (unpaired) electrons. The van der Waals surface area contributed by atoms with Gasteiger partial charge in [0.25, 0.3) is 11.5 Å². The fourth-order valence-corrected chi connectivity index (χ4v) is 1.79. The normalized spacial score (nSPS) is 12.1. The van der Waals surface area contributed by atoms with E-state index in [1.165, 1.54) is 14.0 Å². The summed E-state index contributed by atoms with van der Waals surface area (Å²) in [5.74, 6) is -1.68. The number of aromatic nitrogens is 2. The first-order valence-corrected chi connectivity index (χ1v) is 5.91. The van der Waals surface area contributed by atoms with Crippen LogP contribution in [0.25, 0.3) is 10.8 Å². The number of benzene rings is 1. The smallest absolute Gasteiger partial charge is 0.326 e. The largest absolute Gasteiger partial charge is 0.480 e. The van der Waals surface area contributed by atoms with Crippen LogP contribution in [0.4, 0.5) is 0 Å². The Morgan fingerprint density at radius 3 is 2.50 bits per heavy atom. The van der Waals surface area contributed by atoms with Crippen LogP contribution in [0.1, 0.15) is 17.4 Å². The van der Waals surface area contributed by atoms with E-state index in [1.807, 2.05) is 0 Å². The highest BCUT2D eigenvalue weighted by Crippen LogP contribution is 2.14. The number of fused-ring (bicyclic) bond motifs is 1. The van der Waals surface area contributed by atoms with Crippen LogP contribution in [0.2, 0.25) is 0 Å². The number of nitrogens with one attached hydrogen (secondary N) is 1. The lowest BCUT2D eigenvalue weighted by Crippen LogP contribution is -2.41. The Kier molecular flexibility index (Phi) is 3.51. The zero-order chi connectivity index (χ0) is 14.9. The molecule has 2 rings (SSSR count). The molecule has 1 aromatic carbocycles. The Balaban J connectivity index is 2.54. The summed E-state index contributed by atoms with van der Waals surface area (Å²) in [6.07, 6.45) is 0. The van der Waals surface area contributed by atoms with Crippen molar-refractivity contribution in [3.63, 3.8) is 0 Å². The number of aromatic amines is 1. The fourth-order valence-electron chi connectivity index (χ4n) is 1.79. The molecule has 1 atom stereocenters. The summed E-state index contributed by atoms with van der Waals surface area (Å²) in [6.45, 7) is 1.40. The molecule has 1 aromatic heterocycles. The molecule has 0 aliphatic carbocycles. The summed E-state index contributed by atoms with van der Waals surface area (Å²) in [7, 11) is 1.38. The Labute approximate surface area is 113 Å². The Morgan fingerprint density at radius 1 is 1.30 bits per heavy atom. The highest BCUT2D eigenvalue weighted by molar-refractivity contribution is 6.05. The summed E-state index contributed by atoms with van der Waals surface area (Å²) < 4.78 is 0. The summed E-state index contributed by atoms with van der Waals surface area (Å²) in [5.41, 5.74) is -0.373. The number of carboxylic acid groups (broad SMARTS) is 1. The van der Waals surface area contributed by atoms with Gasteiger partial charge in [-0.3, -0.25) is 9.59 Å². The van der Waals surface area contributed by atoms with Crippen LogP contribution >= 0.6 is 0 Å². The minimum atomic E-state index is -1.12. The molecule has 1 unspecified atom stereocenters. The van der Waals surface area contributed by atoms with Crippen LogP contribution in [0.15, 0.2) is 29.1 Å². The molecule has 1 heterocycles. The maximum absolute atomic E-state index is 12.3. The summed E-state index contributed by atoms with van der Waals surface area (Å²) >= 11 is 0. The monoisotopic (exact) mass is 275 g/mol. The molecule has 0 aliphatic rings. The summed E-state index contributed by atoms with van der Waals surface area (Å²) in [4.78, 5) is 35.9. The van der Waals surface area contributed by atoms with E-state index in [2.05, 4.69) is 10.2 Å². The van der Waals surface area contributed by atoms with E-state index in [4.69, 9.17) is 5.11 Å². The van der Waals surface area contributed by atoms with Crippen molar-refractivity contribution < 1.29 is 14.7 Å². The molecular formula is C13H13N3O4. The van der Waals surface area contributed by atoms with Crippen LogP contribution in [-0.2, 0) is 4.79 Å². The Hall–Kier alpha value is -2.70. The number of carbonyl (C=O) groups excluding carboxylic acids is 1. The number of carbonyl (C=O) groups is 2. The average molecular weight is 275 g/mol. The van der Waals surface area contributed by atoms with Crippen LogP contribution in [0.3, 0.4) is 0 Å². The number of carboxylic acids is 1. The molecule has 0 saturated carbocycles. The topological polar surface area (TPSA) is 103 Å². The Bertz CT molecular complexity index is 738.